The van der Waals surface area contributed by atoms with E-state index < -0.39 is 48.9 Å². The first-order valence-corrected chi connectivity index (χ1v) is 6.80. The topological polar surface area (TPSA) is 99.0 Å². The smallest absolute Gasteiger partial charge is 0.239 e. The number of ether oxygens (including phenoxy) is 1. The molecule has 2 unspecified atom stereocenters. The second-order valence-corrected chi connectivity index (χ2v) is 5.60. The average Bonchev–Trinajstić information content (AvgIpc) is 2.41. The van der Waals surface area contributed by atoms with Crippen LogP contribution in [0.15, 0.2) is 0 Å². The number of alkyl halides is 2. The highest BCUT2D eigenvalue weighted by atomic mass is 19.2. The first-order chi connectivity index (χ1) is 9.65. The molecule has 0 radical (unpaired) electrons. The Morgan fingerprint density at radius 2 is 2.05 bits per heavy atom. The van der Waals surface area contributed by atoms with Crippen LogP contribution >= 0.6 is 0 Å². The van der Waals surface area contributed by atoms with Crippen molar-refractivity contribution in [2.45, 2.75) is 56.6 Å². The van der Waals surface area contributed by atoms with Gasteiger partial charge in [-0.05, 0) is 20.9 Å². The number of rotatable bonds is 6. The quantitative estimate of drug-likeness (QED) is 0.518. The first-order valence-electron chi connectivity index (χ1n) is 6.80. The number of Topliss-reactive ketones (excluding diaryl/α,β-unsaturated/α-hetero) is 1. The van der Waals surface area contributed by atoms with Gasteiger partial charge < -0.3 is 30.2 Å². The van der Waals surface area contributed by atoms with Gasteiger partial charge in [-0.3, -0.25) is 0 Å². The molecular weight excluding hydrogens is 288 g/mol. The minimum atomic E-state index is -2.68. The third-order valence-corrected chi connectivity index (χ3v) is 3.83. The van der Waals surface area contributed by atoms with E-state index in [9.17, 15) is 23.8 Å². The fourth-order valence-electron chi connectivity index (χ4n) is 2.75. The molecule has 0 bridgehead atoms. The summed E-state index contributed by atoms with van der Waals surface area (Å²) in [5, 5.41) is 31.0. The van der Waals surface area contributed by atoms with Gasteiger partial charge in [-0.15, -0.1) is 0 Å². The Kier molecular flexibility index (Phi) is 6.18. The van der Waals surface area contributed by atoms with E-state index in [1.165, 1.54) is 14.0 Å². The van der Waals surface area contributed by atoms with Gasteiger partial charge in [0.1, 0.15) is 18.0 Å². The Bertz CT molecular complexity index is 368. The maximum atomic E-state index is 14.2. The number of ketones is 1. The van der Waals surface area contributed by atoms with E-state index >= 15 is 0 Å². The van der Waals surface area contributed by atoms with Gasteiger partial charge >= 0.3 is 0 Å². The largest absolute Gasteiger partial charge is 0.394 e. The Morgan fingerprint density at radius 1 is 1.48 bits per heavy atom. The molecule has 0 aromatic carbocycles. The van der Waals surface area contributed by atoms with Crippen LogP contribution in [0.25, 0.3) is 0 Å². The Morgan fingerprint density at radius 3 is 2.48 bits per heavy atom. The van der Waals surface area contributed by atoms with E-state index in [4.69, 9.17) is 9.84 Å². The van der Waals surface area contributed by atoms with Crippen molar-refractivity contribution in [3.8, 4) is 0 Å². The second-order valence-electron chi connectivity index (χ2n) is 5.60. The second kappa shape index (κ2) is 7.06. The number of aliphatic hydroxyl groups excluding tert-OH is 3. The Balaban J connectivity index is 3.11. The van der Waals surface area contributed by atoms with Gasteiger partial charge in [0.2, 0.25) is 5.85 Å². The standard InChI is InChI=1S/C13H23F2NO5/c1-6(18)4-7-9(16-3)12(14)13(2,15)21-11(7)10(20)8(19)5-17/h7-12,16-17,19-20H,4-5H2,1-3H3/t7-,8-,9+,10-,11?,12?,13+/m1/s1. The van der Waals surface area contributed by atoms with Crippen LogP contribution in [0.1, 0.15) is 20.3 Å². The molecule has 0 aliphatic carbocycles. The van der Waals surface area contributed by atoms with E-state index in [1.54, 1.807) is 0 Å². The fourth-order valence-corrected chi connectivity index (χ4v) is 2.75. The lowest BCUT2D eigenvalue weighted by molar-refractivity contribution is -0.283. The lowest BCUT2D eigenvalue weighted by Crippen LogP contribution is -2.65. The molecule has 1 aliphatic rings. The van der Waals surface area contributed by atoms with Gasteiger partial charge in [0.15, 0.2) is 6.17 Å². The number of hydrogen-bond acceptors (Lipinski definition) is 6. The normalized spacial score (nSPS) is 39.8. The van der Waals surface area contributed by atoms with Gasteiger partial charge in [0.05, 0.1) is 12.7 Å². The molecule has 0 spiro atoms. The minimum Gasteiger partial charge on any atom is -0.394 e. The number of hydrogen-bond donors (Lipinski definition) is 4. The summed E-state index contributed by atoms with van der Waals surface area (Å²) < 4.78 is 33.4. The summed E-state index contributed by atoms with van der Waals surface area (Å²) in [5.41, 5.74) is 0. The van der Waals surface area contributed by atoms with Crippen molar-refractivity contribution in [1.82, 2.24) is 5.32 Å². The third-order valence-electron chi connectivity index (χ3n) is 3.83. The predicted molar refractivity (Wildman–Crippen MR) is 70.0 cm³/mol. The first kappa shape index (κ1) is 18.4. The molecule has 1 rings (SSSR count). The molecule has 4 N–H and O–H groups in total. The maximum absolute atomic E-state index is 14.2. The lowest BCUT2D eigenvalue weighted by Gasteiger charge is -2.47. The Hall–Kier alpha value is -0.670. The molecule has 0 amide bonds. The van der Waals surface area contributed by atoms with Crippen LogP contribution in [0, 0.1) is 5.92 Å². The molecular formula is C13H23F2NO5. The van der Waals surface area contributed by atoms with Crippen LogP contribution in [0.2, 0.25) is 0 Å². The van der Waals surface area contributed by atoms with Crippen molar-refractivity contribution in [2.24, 2.45) is 5.92 Å². The molecule has 7 atom stereocenters. The molecule has 0 aromatic rings. The minimum absolute atomic E-state index is 0.151. The van der Waals surface area contributed by atoms with Crippen LogP contribution in [-0.2, 0) is 9.53 Å². The number of carbonyl (C=O) groups is 1. The number of aliphatic hydroxyl groups is 3. The SMILES string of the molecule is CN[C@@H]1C(F)[C@@](C)(F)OC([C@H](O)[C@H](O)CO)[C@@H]1CC(C)=O. The van der Waals surface area contributed by atoms with Gasteiger partial charge in [0, 0.05) is 18.4 Å². The molecule has 0 saturated carbocycles. The summed E-state index contributed by atoms with van der Waals surface area (Å²) in [5.74, 6) is -3.83. The maximum Gasteiger partial charge on any atom is 0.239 e. The summed E-state index contributed by atoms with van der Waals surface area (Å²) in [4.78, 5) is 11.4. The van der Waals surface area contributed by atoms with Crippen LogP contribution in [-0.4, -0.2) is 71.1 Å². The number of halogens is 2. The molecule has 1 fully saturated rings. The van der Waals surface area contributed by atoms with Crippen molar-refractivity contribution in [3.05, 3.63) is 0 Å². The summed E-state index contributed by atoms with van der Waals surface area (Å²) in [6.45, 7) is 1.41. The fraction of sp³-hybridized carbons (Fsp3) is 0.923. The summed E-state index contributed by atoms with van der Waals surface area (Å²) in [7, 11) is 1.41. The predicted octanol–water partition coefficient (Wildman–Crippen LogP) is -0.694. The van der Waals surface area contributed by atoms with E-state index in [0.29, 0.717) is 0 Å². The van der Waals surface area contributed by atoms with Crippen molar-refractivity contribution >= 4 is 5.78 Å². The van der Waals surface area contributed by atoms with Crippen LogP contribution < -0.4 is 5.32 Å². The molecule has 124 valence electrons. The number of nitrogens with one attached hydrogen (secondary N) is 1. The van der Waals surface area contributed by atoms with Gasteiger partial charge in [-0.1, -0.05) is 0 Å². The highest BCUT2D eigenvalue weighted by molar-refractivity contribution is 5.75. The molecule has 0 aromatic heterocycles. The monoisotopic (exact) mass is 311 g/mol. The van der Waals surface area contributed by atoms with Crippen molar-refractivity contribution in [2.75, 3.05) is 13.7 Å². The van der Waals surface area contributed by atoms with Gasteiger partial charge in [-0.25, -0.2) is 8.78 Å². The van der Waals surface area contributed by atoms with E-state index in [-0.39, 0.29) is 12.2 Å². The Labute approximate surface area is 122 Å². The molecule has 1 saturated heterocycles. The van der Waals surface area contributed by atoms with Crippen molar-refractivity contribution in [3.63, 3.8) is 0 Å². The zero-order valence-corrected chi connectivity index (χ0v) is 12.3. The average molecular weight is 311 g/mol. The highest BCUT2D eigenvalue weighted by Gasteiger charge is 2.55. The zero-order chi connectivity index (χ0) is 16.4. The van der Waals surface area contributed by atoms with Crippen LogP contribution in [0.5, 0.6) is 0 Å². The van der Waals surface area contributed by atoms with Crippen LogP contribution in [0.4, 0.5) is 8.78 Å². The molecule has 1 heterocycles. The van der Waals surface area contributed by atoms with E-state index in [1.807, 2.05) is 0 Å². The zero-order valence-electron chi connectivity index (χ0n) is 12.3. The number of carbonyl (C=O) groups excluding carboxylic acids is 1. The molecule has 21 heavy (non-hydrogen) atoms. The third kappa shape index (κ3) is 3.95. The van der Waals surface area contributed by atoms with Gasteiger partial charge in [0.25, 0.3) is 0 Å². The molecule has 1 aliphatic heterocycles. The van der Waals surface area contributed by atoms with E-state index in [0.717, 1.165) is 6.92 Å². The summed E-state index contributed by atoms with van der Waals surface area (Å²) >= 11 is 0. The van der Waals surface area contributed by atoms with Crippen molar-refractivity contribution in [1.29, 1.82) is 0 Å². The lowest BCUT2D eigenvalue weighted by atomic mass is 9.78. The summed E-state index contributed by atoms with van der Waals surface area (Å²) in [6.07, 6.45) is -6.73. The molecule has 6 nitrogen and oxygen atoms in total. The van der Waals surface area contributed by atoms with E-state index in [2.05, 4.69) is 5.32 Å². The van der Waals surface area contributed by atoms with Gasteiger partial charge in [-0.2, -0.15) is 0 Å². The molecule has 8 heteroatoms. The summed E-state index contributed by atoms with van der Waals surface area (Å²) in [6, 6.07) is -1.07. The highest BCUT2D eigenvalue weighted by Crippen LogP contribution is 2.39. The van der Waals surface area contributed by atoms with Crippen LogP contribution in [0.3, 0.4) is 0 Å². The van der Waals surface area contributed by atoms with Crippen molar-refractivity contribution < 1.29 is 33.6 Å².